The van der Waals surface area contributed by atoms with Crippen LogP contribution in [0.4, 0.5) is 13.2 Å². The Morgan fingerprint density at radius 3 is 1.97 bits per heavy atom. The fraction of sp³-hybridized carbons (Fsp3) is 1.00. The molecule has 4 fully saturated rings. The van der Waals surface area contributed by atoms with E-state index in [2.05, 4.69) is 34.6 Å². The molecule has 6 heteroatoms. The molecule has 0 radical (unpaired) electrons. The molecule has 3 nitrogen and oxygen atoms in total. The summed E-state index contributed by atoms with van der Waals surface area (Å²) in [5, 5.41) is 20.3. The lowest BCUT2D eigenvalue weighted by molar-refractivity contribution is -0.289. The minimum Gasteiger partial charge on any atom is -0.393 e. The topological polar surface area (TPSA) is 49.7 Å². The number of aliphatic hydroxyl groups excluding tert-OH is 2. The number of rotatable bonds is 3. The smallest absolute Gasteiger partial charge is 0.393 e. The number of alkyl halides is 3. The summed E-state index contributed by atoms with van der Waals surface area (Å²) in [5.74, 6) is 3.28. The summed E-state index contributed by atoms with van der Waals surface area (Å²) in [6.45, 7) is 12.2. The van der Waals surface area contributed by atoms with E-state index < -0.39 is 23.8 Å². The van der Waals surface area contributed by atoms with Gasteiger partial charge in [0.25, 0.3) is 0 Å². The molecule has 12 unspecified atom stereocenters. The van der Waals surface area contributed by atoms with Crippen molar-refractivity contribution in [2.45, 2.75) is 97.6 Å². The molecule has 12 atom stereocenters. The lowest BCUT2D eigenvalue weighted by atomic mass is 9.70. The van der Waals surface area contributed by atoms with E-state index in [0.717, 1.165) is 32.8 Å². The van der Waals surface area contributed by atoms with Gasteiger partial charge in [-0.2, -0.15) is 13.2 Å². The standard InChI is InChI=1S/C16H25F3O2.C10H20O/c1-7-8(2)10-5-9(7)11-6-12(14(20)13(10)11)15(3,21-4)16(17,18)19;1-7(2)9-5-4-8(3)6-10(9)11/h7-14,20H,5-6H2,1-4H3;7-11H,4-6H2,1-3H3. The highest BCUT2D eigenvalue weighted by atomic mass is 19.4. The molecule has 0 aromatic carbocycles. The van der Waals surface area contributed by atoms with Gasteiger partial charge in [0, 0.05) is 13.0 Å². The molecule has 0 aromatic rings. The zero-order chi connectivity index (χ0) is 24.2. The van der Waals surface area contributed by atoms with Crippen LogP contribution in [-0.2, 0) is 4.74 Å². The predicted octanol–water partition coefficient (Wildman–Crippen LogP) is 5.93. The van der Waals surface area contributed by atoms with Gasteiger partial charge in [-0.3, -0.25) is 0 Å². The Morgan fingerprint density at radius 2 is 1.47 bits per heavy atom. The summed E-state index contributed by atoms with van der Waals surface area (Å²) >= 11 is 0. The molecule has 4 aliphatic carbocycles. The largest absolute Gasteiger partial charge is 0.417 e. The third-order valence-electron chi connectivity index (χ3n) is 10.3. The van der Waals surface area contributed by atoms with Gasteiger partial charge in [-0.05, 0) is 85.9 Å². The summed E-state index contributed by atoms with van der Waals surface area (Å²) in [6, 6.07) is 0. The van der Waals surface area contributed by atoms with E-state index >= 15 is 0 Å². The first-order valence-electron chi connectivity index (χ1n) is 12.7. The maximum absolute atomic E-state index is 13.4. The van der Waals surface area contributed by atoms with Gasteiger partial charge in [0.15, 0.2) is 5.60 Å². The first-order chi connectivity index (χ1) is 14.7. The van der Waals surface area contributed by atoms with Crippen molar-refractivity contribution in [2.24, 2.45) is 59.2 Å². The van der Waals surface area contributed by atoms with Crippen molar-refractivity contribution in [1.82, 2.24) is 0 Å². The Balaban J connectivity index is 0.000000222. The third kappa shape index (κ3) is 4.37. The highest BCUT2D eigenvalue weighted by Crippen LogP contribution is 2.66. The molecule has 4 aliphatic rings. The van der Waals surface area contributed by atoms with Gasteiger partial charge < -0.3 is 14.9 Å². The van der Waals surface area contributed by atoms with Crippen molar-refractivity contribution in [3.63, 3.8) is 0 Å². The predicted molar refractivity (Wildman–Crippen MR) is 120 cm³/mol. The van der Waals surface area contributed by atoms with Crippen molar-refractivity contribution in [3.05, 3.63) is 0 Å². The normalized spacial score (nSPS) is 47.7. The molecule has 0 spiro atoms. The number of hydrogen-bond acceptors (Lipinski definition) is 3. The first kappa shape index (κ1) is 26.3. The Bertz CT molecular complexity index is 638. The molecule has 2 N–H and O–H groups in total. The maximum atomic E-state index is 13.4. The summed E-state index contributed by atoms with van der Waals surface area (Å²) < 4.78 is 45.2. The molecule has 32 heavy (non-hydrogen) atoms. The van der Waals surface area contributed by atoms with E-state index in [1.165, 1.54) is 12.8 Å². The molecule has 0 heterocycles. The average Bonchev–Trinajstić information content (AvgIpc) is 3.32. The van der Waals surface area contributed by atoms with Crippen LogP contribution < -0.4 is 0 Å². The van der Waals surface area contributed by atoms with Crippen LogP contribution >= 0.6 is 0 Å². The van der Waals surface area contributed by atoms with Gasteiger partial charge in [-0.1, -0.05) is 41.0 Å². The van der Waals surface area contributed by atoms with Crippen LogP contribution in [0, 0.1) is 59.2 Å². The van der Waals surface area contributed by atoms with Crippen LogP contribution in [0.5, 0.6) is 0 Å². The van der Waals surface area contributed by atoms with E-state index in [4.69, 9.17) is 4.74 Å². The lowest BCUT2D eigenvalue weighted by Gasteiger charge is -2.39. The minimum atomic E-state index is -4.46. The van der Waals surface area contributed by atoms with E-state index in [0.29, 0.717) is 41.9 Å². The number of ether oxygens (including phenoxy) is 1. The minimum absolute atomic E-state index is 0.0289. The number of halogens is 3. The van der Waals surface area contributed by atoms with Gasteiger partial charge >= 0.3 is 6.18 Å². The number of fused-ring (bicyclic) bond motifs is 5. The molecule has 0 saturated heterocycles. The fourth-order valence-corrected chi connectivity index (χ4v) is 7.92. The average molecular weight is 463 g/mol. The number of hydrogen-bond donors (Lipinski definition) is 2. The van der Waals surface area contributed by atoms with Gasteiger partial charge in [0.05, 0.1) is 12.2 Å². The van der Waals surface area contributed by atoms with E-state index in [1.54, 1.807) is 0 Å². The third-order valence-corrected chi connectivity index (χ3v) is 10.3. The van der Waals surface area contributed by atoms with E-state index in [9.17, 15) is 23.4 Å². The molecule has 2 bridgehead atoms. The Labute approximate surface area is 192 Å². The molecule has 0 aliphatic heterocycles. The van der Waals surface area contributed by atoms with E-state index in [1.807, 2.05) is 0 Å². The van der Waals surface area contributed by atoms with Crippen LogP contribution in [0.1, 0.15) is 73.6 Å². The van der Waals surface area contributed by atoms with Crippen LogP contribution in [-0.4, -0.2) is 41.3 Å². The summed E-state index contributed by atoms with van der Waals surface area (Å²) in [6.07, 6.45) is -0.318. The molecule has 188 valence electrons. The second-order valence-corrected chi connectivity index (χ2v) is 12.1. The van der Waals surface area contributed by atoms with E-state index in [-0.39, 0.29) is 17.9 Å². The lowest BCUT2D eigenvalue weighted by Crippen LogP contribution is -2.53. The van der Waals surface area contributed by atoms with Crippen molar-refractivity contribution >= 4 is 0 Å². The van der Waals surface area contributed by atoms with Crippen molar-refractivity contribution in [2.75, 3.05) is 7.11 Å². The van der Waals surface area contributed by atoms with Crippen molar-refractivity contribution in [1.29, 1.82) is 0 Å². The first-order valence-corrected chi connectivity index (χ1v) is 12.7. The zero-order valence-corrected chi connectivity index (χ0v) is 20.9. The highest BCUT2D eigenvalue weighted by Gasteiger charge is 2.68. The molecular weight excluding hydrogens is 417 g/mol. The molecule has 0 amide bonds. The molecule has 4 saturated carbocycles. The van der Waals surface area contributed by atoms with Gasteiger partial charge in [0.1, 0.15) is 0 Å². The molecule has 0 aromatic heterocycles. The quantitative estimate of drug-likeness (QED) is 0.547. The van der Waals surface area contributed by atoms with Gasteiger partial charge in [-0.15, -0.1) is 0 Å². The molecular formula is C26H45F3O3. The second kappa shape index (κ2) is 9.37. The van der Waals surface area contributed by atoms with Crippen LogP contribution in [0.25, 0.3) is 0 Å². The summed E-state index contributed by atoms with van der Waals surface area (Å²) in [5.41, 5.74) is -2.25. The highest BCUT2D eigenvalue weighted by molar-refractivity contribution is 5.13. The Hall–Kier alpha value is -0.330. The van der Waals surface area contributed by atoms with Crippen LogP contribution in [0.15, 0.2) is 0 Å². The number of aliphatic hydroxyl groups is 2. The zero-order valence-electron chi connectivity index (χ0n) is 20.9. The van der Waals surface area contributed by atoms with Crippen molar-refractivity contribution < 1.29 is 28.1 Å². The fourth-order valence-electron chi connectivity index (χ4n) is 7.92. The van der Waals surface area contributed by atoms with Crippen LogP contribution in [0.2, 0.25) is 0 Å². The summed E-state index contributed by atoms with van der Waals surface area (Å²) in [4.78, 5) is 0. The SMILES string of the molecule is CC1CCC(C(C)C)C(O)C1.COC(C)(C1CC2C3CC(C(C)C3C)C2C1O)C(F)(F)F. The molecule has 4 rings (SSSR count). The van der Waals surface area contributed by atoms with Crippen LogP contribution in [0.3, 0.4) is 0 Å². The summed E-state index contributed by atoms with van der Waals surface area (Å²) in [7, 11) is 1.11. The second-order valence-electron chi connectivity index (χ2n) is 12.1. The maximum Gasteiger partial charge on any atom is 0.417 e. The van der Waals surface area contributed by atoms with Gasteiger partial charge in [-0.25, -0.2) is 0 Å². The Morgan fingerprint density at radius 1 is 0.875 bits per heavy atom. The Kier molecular flexibility index (Phi) is 7.70. The number of methoxy groups -OCH3 is 1. The monoisotopic (exact) mass is 462 g/mol. The van der Waals surface area contributed by atoms with Crippen molar-refractivity contribution in [3.8, 4) is 0 Å². The van der Waals surface area contributed by atoms with Gasteiger partial charge in [0.2, 0.25) is 0 Å².